The SMILES string of the molecule is Cc1nc(C)c(C(OC(C)(C)C)C(=O)O)c(N2CC3C(C2)C3(C)C)c1-c1ccc(C(=O)NCc2ccccc2)cc1. The molecule has 1 aliphatic carbocycles. The van der Waals surface area contributed by atoms with Crippen LogP contribution >= 0.6 is 0 Å². The molecule has 2 aromatic carbocycles. The third kappa shape index (κ3) is 5.73. The number of carboxylic acids is 1. The number of rotatable bonds is 8. The Labute approximate surface area is 242 Å². The monoisotopic (exact) mass is 555 g/mol. The first-order chi connectivity index (χ1) is 19.3. The molecular weight excluding hydrogens is 514 g/mol. The lowest BCUT2D eigenvalue weighted by Crippen LogP contribution is -2.33. The van der Waals surface area contributed by atoms with Crippen LogP contribution in [0.4, 0.5) is 5.69 Å². The molecule has 0 spiro atoms. The summed E-state index contributed by atoms with van der Waals surface area (Å²) in [6.45, 7) is 16.3. The molecule has 0 radical (unpaired) electrons. The molecule has 41 heavy (non-hydrogen) atoms. The Morgan fingerprint density at radius 3 is 2.20 bits per heavy atom. The van der Waals surface area contributed by atoms with E-state index in [1.807, 2.05) is 89.2 Å². The van der Waals surface area contributed by atoms with Crippen LogP contribution in [0.1, 0.15) is 73.6 Å². The van der Waals surface area contributed by atoms with Gasteiger partial charge in [-0.15, -0.1) is 0 Å². The Kier molecular flexibility index (Phi) is 7.45. The quantitative estimate of drug-likeness (QED) is 0.338. The van der Waals surface area contributed by atoms with E-state index in [4.69, 9.17) is 9.72 Å². The van der Waals surface area contributed by atoms with E-state index < -0.39 is 17.7 Å². The van der Waals surface area contributed by atoms with Crippen molar-refractivity contribution in [3.8, 4) is 11.1 Å². The summed E-state index contributed by atoms with van der Waals surface area (Å²) < 4.78 is 6.17. The van der Waals surface area contributed by atoms with Crippen molar-refractivity contribution in [2.24, 2.45) is 17.3 Å². The zero-order valence-corrected chi connectivity index (χ0v) is 25.1. The number of anilines is 1. The van der Waals surface area contributed by atoms with E-state index in [2.05, 4.69) is 24.1 Å². The van der Waals surface area contributed by atoms with Crippen LogP contribution in [0, 0.1) is 31.1 Å². The van der Waals surface area contributed by atoms with Gasteiger partial charge in [0.05, 0.1) is 11.3 Å². The van der Waals surface area contributed by atoms with Gasteiger partial charge in [0, 0.05) is 47.7 Å². The first kappa shape index (κ1) is 28.8. The minimum atomic E-state index is -1.16. The van der Waals surface area contributed by atoms with Gasteiger partial charge >= 0.3 is 5.97 Å². The van der Waals surface area contributed by atoms with Crippen molar-refractivity contribution in [3.63, 3.8) is 0 Å². The summed E-state index contributed by atoms with van der Waals surface area (Å²) in [6, 6.07) is 17.3. The molecule has 1 saturated carbocycles. The van der Waals surface area contributed by atoms with Gasteiger partial charge in [-0.25, -0.2) is 4.79 Å². The summed E-state index contributed by atoms with van der Waals surface area (Å²) in [5.74, 6) is -0.0404. The van der Waals surface area contributed by atoms with Crippen molar-refractivity contribution in [2.75, 3.05) is 18.0 Å². The Bertz CT molecular complexity index is 1440. The Morgan fingerprint density at radius 2 is 1.63 bits per heavy atom. The third-order valence-electron chi connectivity index (χ3n) is 8.71. The minimum Gasteiger partial charge on any atom is -0.479 e. The van der Waals surface area contributed by atoms with Crippen LogP contribution in [-0.2, 0) is 16.1 Å². The second-order valence-corrected chi connectivity index (χ2v) is 13.1. The van der Waals surface area contributed by atoms with Gasteiger partial charge in [-0.2, -0.15) is 0 Å². The second kappa shape index (κ2) is 10.6. The van der Waals surface area contributed by atoms with Crippen molar-refractivity contribution in [2.45, 2.75) is 66.7 Å². The number of nitrogens with zero attached hydrogens (tertiary/aromatic N) is 2. The Morgan fingerprint density at radius 1 is 1.02 bits per heavy atom. The largest absolute Gasteiger partial charge is 0.479 e. The van der Waals surface area contributed by atoms with Gasteiger partial charge < -0.3 is 20.1 Å². The van der Waals surface area contributed by atoms with Crippen LogP contribution in [-0.4, -0.2) is 40.7 Å². The van der Waals surface area contributed by atoms with E-state index in [0.717, 1.165) is 41.2 Å². The normalized spacial score (nSPS) is 19.9. The molecule has 3 unspecified atom stereocenters. The van der Waals surface area contributed by atoms with Gasteiger partial charge in [-0.1, -0.05) is 56.3 Å². The molecule has 2 aliphatic rings. The fraction of sp³-hybridized carbons (Fsp3) is 0.441. The number of aryl methyl sites for hydroxylation is 2. The van der Waals surface area contributed by atoms with Crippen molar-refractivity contribution in [3.05, 3.63) is 82.7 Å². The molecule has 1 amide bonds. The number of hydrogen-bond acceptors (Lipinski definition) is 5. The number of fused-ring (bicyclic) bond motifs is 1. The predicted molar refractivity (Wildman–Crippen MR) is 161 cm³/mol. The number of amides is 1. The molecule has 1 saturated heterocycles. The molecule has 5 rings (SSSR count). The Hall–Kier alpha value is -3.71. The topological polar surface area (TPSA) is 91.8 Å². The number of carboxylic acid groups (broad SMARTS) is 1. The predicted octanol–water partition coefficient (Wildman–Crippen LogP) is 6.33. The Balaban J connectivity index is 1.54. The highest BCUT2D eigenvalue weighted by Crippen LogP contribution is 2.63. The number of piperidine rings is 1. The fourth-order valence-corrected chi connectivity index (χ4v) is 6.40. The molecule has 1 aromatic heterocycles. The molecule has 0 bridgehead atoms. The van der Waals surface area contributed by atoms with E-state index in [-0.39, 0.29) is 5.91 Å². The maximum absolute atomic E-state index is 12.9. The van der Waals surface area contributed by atoms with Gasteiger partial charge in [-0.3, -0.25) is 9.78 Å². The molecule has 216 valence electrons. The lowest BCUT2D eigenvalue weighted by molar-refractivity contribution is -0.160. The number of benzene rings is 2. The van der Waals surface area contributed by atoms with Crippen LogP contribution in [0.25, 0.3) is 11.1 Å². The summed E-state index contributed by atoms with van der Waals surface area (Å²) in [5.41, 5.74) is 6.00. The van der Waals surface area contributed by atoms with Gasteiger partial charge in [0.25, 0.3) is 5.91 Å². The summed E-state index contributed by atoms with van der Waals surface area (Å²) in [5, 5.41) is 13.4. The number of carbonyl (C=O) groups excluding carboxylic acids is 1. The summed E-state index contributed by atoms with van der Waals surface area (Å²) in [6.07, 6.45) is -1.16. The van der Waals surface area contributed by atoms with Crippen molar-refractivity contribution in [1.29, 1.82) is 0 Å². The van der Waals surface area contributed by atoms with E-state index >= 15 is 0 Å². The zero-order chi connectivity index (χ0) is 29.7. The average molecular weight is 556 g/mol. The van der Waals surface area contributed by atoms with E-state index in [1.165, 1.54) is 0 Å². The molecule has 2 heterocycles. The lowest BCUT2D eigenvalue weighted by atomic mass is 9.92. The van der Waals surface area contributed by atoms with E-state index in [1.54, 1.807) is 0 Å². The molecule has 2 N–H and O–H groups in total. The van der Waals surface area contributed by atoms with Crippen molar-refractivity contribution < 1.29 is 19.4 Å². The zero-order valence-electron chi connectivity index (χ0n) is 25.1. The third-order valence-corrected chi connectivity index (χ3v) is 8.71. The number of ether oxygens (including phenoxy) is 1. The summed E-state index contributed by atoms with van der Waals surface area (Å²) in [7, 11) is 0. The standard InChI is InChI=1S/C34H41N3O4/c1-20-27(23-13-15-24(16-14-23)31(38)35-17-22-11-9-8-10-12-22)29(37-18-25-26(19-37)34(25,6)7)28(21(2)36-20)30(32(39)40)41-33(3,4)5/h8-16,25-26,30H,17-19H2,1-7H3,(H,35,38)(H,39,40). The van der Waals surface area contributed by atoms with Gasteiger partial charge in [0.2, 0.25) is 0 Å². The fourth-order valence-electron chi connectivity index (χ4n) is 6.40. The highest BCUT2D eigenvalue weighted by Gasteiger charge is 2.62. The van der Waals surface area contributed by atoms with E-state index in [0.29, 0.717) is 40.6 Å². The minimum absolute atomic E-state index is 0.147. The molecule has 7 heteroatoms. The average Bonchev–Trinajstić information content (AvgIpc) is 3.22. The maximum atomic E-state index is 12.9. The van der Waals surface area contributed by atoms with Crippen LogP contribution in [0.5, 0.6) is 0 Å². The van der Waals surface area contributed by atoms with Crippen LogP contribution in [0.3, 0.4) is 0 Å². The highest BCUT2D eigenvalue weighted by molar-refractivity contribution is 5.95. The number of nitrogens with one attached hydrogen (secondary N) is 1. The van der Waals surface area contributed by atoms with Crippen LogP contribution < -0.4 is 10.2 Å². The number of pyridine rings is 1. The molecule has 3 atom stereocenters. The van der Waals surface area contributed by atoms with Crippen LogP contribution in [0.15, 0.2) is 54.6 Å². The molecule has 2 fully saturated rings. The lowest BCUT2D eigenvalue weighted by Gasteiger charge is -2.34. The smallest absolute Gasteiger partial charge is 0.337 e. The molecule has 3 aromatic rings. The molecular formula is C34H41N3O4. The van der Waals surface area contributed by atoms with Crippen molar-refractivity contribution in [1.82, 2.24) is 10.3 Å². The molecule has 1 aliphatic heterocycles. The van der Waals surface area contributed by atoms with Gasteiger partial charge in [-0.05, 0) is 75.1 Å². The second-order valence-electron chi connectivity index (χ2n) is 13.1. The summed E-state index contributed by atoms with van der Waals surface area (Å²) >= 11 is 0. The van der Waals surface area contributed by atoms with Crippen molar-refractivity contribution >= 4 is 17.6 Å². The maximum Gasteiger partial charge on any atom is 0.337 e. The number of carbonyl (C=O) groups is 2. The number of hydrogen-bond donors (Lipinski definition) is 2. The van der Waals surface area contributed by atoms with Crippen LogP contribution in [0.2, 0.25) is 0 Å². The highest BCUT2D eigenvalue weighted by atomic mass is 16.5. The van der Waals surface area contributed by atoms with Gasteiger partial charge in [0.15, 0.2) is 6.10 Å². The first-order valence-electron chi connectivity index (χ1n) is 14.4. The van der Waals surface area contributed by atoms with E-state index in [9.17, 15) is 14.7 Å². The first-order valence-corrected chi connectivity index (χ1v) is 14.4. The summed E-state index contributed by atoms with van der Waals surface area (Å²) in [4.78, 5) is 32.8. The number of aromatic nitrogens is 1. The molecule has 7 nitrogen and oxygen atoms in total. The van der Waals surface area contributed by atoms with Gasteiger partial charge in [0.1, 0.15) is 0 Å². The number of aliphatic carboxylic acids is 1.